The summed E-state index contributed by atoms with van der Waals surface area (Å²) in [6, 6.07) is 1.29. The van der Waals surface area contributed by atoms with Gasteiger partial charge in [-0.25, -0.2) is 9.69 Å². The van der Waals surface area contributed by atoms with Crippen LogP contribution in [0.25, 0.3) is 0 Å². The summed E-state index contributed by atoms with van der Waals surface area (Å²) in [6.07, 6.45) is 2.99. The van der Waals surface area contributed by atoms with E-state index in [-0.39, 0.29) is 12.6 Å². The second-order valence-corrected chi connectivity index (χ2v) is 5.89. The molecule has 2 aromatic heterocycles. The summed E-state index contributed by atoms with van der Waals surface area (Å²) in [6.45, 7) is 5.23. The Labute approximate surface area is 131 Å². The van der Waals surface area contributed by atoms with Gasteiger partial charge in [-0.15, -0.1) is 0 Å². The van der Waals surface area contributed by atoms with Gasteiger partial charge in [0.1, 0.15) is 23.7 Å². The van der Waals surface area contributed by atoms with Gasteiger partial charge in [-0.3, -0.25) is 9.48 Å². The molecule has 0 aliphatic carbocycles. The third-order valence-corrected chi connectivity index (χ3v) is 3.94. The van der Waals surface area contributed by atoms with E-state index in [1.165, 1.54) is 10.9 Å². The van der Waals surface area contributed by atoms with Crippen LogP contribution in [0.1, 0.15) is 24.0 Å². The van der Waals surface area contributed by atoms with Gasteiger partial charge < -0.3 is 9.73 Å². The van der Waals surface area contributed by atoms with Crippen molar-refractivity contribution in [3.8, 4) is 0 Å². The van der Waals surface area contributed by atoms with Gasteiger partial charge in [-0.05, 0) is 26.8 Å². The lowest BCUT2D eigenvalue weighted by molar-refractivity contribution is -0.132. The summed E-state index contributed by atoms with van der Waals surface area (Å²) < 4.78 is 6.91. The lowest BCUT2D eigenvalue weighted by atomic mass is 9.92. The number of nitrogens with one attached hydrogen (secondary N) is 1. The standard InChI is InChI=1S/C14H15ClN4O3/c1-8-4-11(9(2)22-8)14(3)12(20)19(13(21)17-14)7-18-6-10(15)5-16-18/h4-6H,7H2,1-3H3,(H,17,21). The van der Waals surface area contributed by atoms with Gasteiger partial charge in [0.25, 0.3) is 5.91 Å². The number of aryl methyl sites for hydroxylation is 2. The van der Waals surface area contributed by atoms with Gasteiger partial charge in [-0.1, -0.05) is 11.6 Å². The highest BCUT2D eigenvalue weighted by Crippen LogP contribution is 2.33. The predicted molar refractivity (Wildman–Crippen MR) is 78.1 cm³/mol. The SMILES string of the molecule is Cc1cc(C2(C)NC(=O)N(Cn3cc(Cl)cn3)C2=O)c(C)o1. The zero-order chi connectivity index (χ0) is 16.1. The molecule has 1 N–H and O–H groups in total. The van der Waals surface area contributed by atoms with Crippen LogP contribution in [0.3, 0.4) is 0 Å². The number of furan rings is 1. The third kappa shape index (κ3) is 2.18. The zero-order valence-electron chi connectivity index (χ0n) is 12.4. The minimum atomic E-state index is -1.14. The first kappa shape index (κ1) is 14.6. The fourth-order valence-corrected chi connectivity index (χ4v) is 2.85. The Morgan fingerprint density at radius 2 is 2.14 bits per heavy atom. The molecular formula is C14H15ClN4O3. The minimum absolute atomic E-state index is 0.00284. The van der Waals surface area contributed by atoms with Crippen molar-refractivity contribution < 1.29 is 14.0 Å². The highest BCUT2D eigenvalue weighted by molar-refractivity contribution is 6.30. The Hall–Kier alpha value is -2.28. The van der Waals surface area contributed by atoms with Crippen LogP contribution in [0.4, 0.5) is 4.79 Å². The monoisotopic (exact) mass is 322 g/mol. The first-order valence-corrected chi connectivity index (χ1v) is 7.08. The van der Waals surface area contributed by atoms with Crippen molar-refractivity contribution in [2.75, 3.05) is 0 Å². The molecule has 2 aromatic rings. The van der Waals surface area contributed by atoms with Crippen molar-refractivity contribution in [1.29, 1.82) is 0 Å². The summed E-state index contributed by atoms with van der Waals surface area (Å²) in [5.74, 6) is 0.943. The molecule has 8 heteroatoms. The molecule has 116 valence electrons. The van der Waals surface area contributed by atoms with E-state index in [9.17, 15) is 9.59 Å². The molecule has 0 bridgehead atoms. The third-order valence-electron chi connectivity index (χ3n) is 3.74. The van der Waals surface area contributed by atoms with Crippen LogP contribution >= 0.6 is 11.6 Å². The maximum atomic E-state index is 12.7. The molecule has 22 heavy (non-hydrogen) atoms. The van der Waals surface area contributed by atoms with Crippen LogP contribution in [0.2, 0.25) is 5.02 Å². The van der Waals surface area contributed by atoms with Crippen LogP contribution in [-0.2, 0) is 17.0 Å². The van der Waals surface area contributed by atoms with Gasteiger partial charge in [0.2, 0.25) is 0 Å². The van der Waals surface area contributed by atoms with Crippen molar-refractivity contribution in [2.24, 2.45) is 0 Å². The van der Waals surface area contributed by atoms with Crippen LogP contribution in [-0.4, -0.2) is 26.6 Å². The number of nitrogens with zero attached hydrogens (tertiary/aromatic N) is 3. The molecule has 3 rings (SSSR count). The molecule has 1 atom stereocenters. The molecule has 1 saturated heterocycles. The zero-order valence-corrected chi connectivity index (χ0v) is 13.1. The maximum absolute atomic E-state index is 12.7. The summed E-state index contributed by atoms with van der Waals surface area (Å²) >= 11 is 5.79. The van der Waals surface area contributed by atoms with Crippen molar-refractivity contribution in [2.45, 2.75) is 33.0 Å². The van der Waals surface area contributed by atoms with Crippen molar-refractivity contribution >= 4 is 23.5 Å². The van der Waals surface area contributed by atoms with Crippen molar-refractivity contribution in [3.63, 3.8) is 0 Å². The molecule has 3 amide bonds. The van der Waals surface area contributed by atoms with E-state index in [1.807, 2.05) is 0 Å². The quantitative estimate of drug-likeness (QED) is 0.878. The predicted octanol–water partition coefficient (Wildman–Crippen LogP) is 2.17. The van der Waals surface area contributed by atoms with E-state index in [0.717, 1.165) is 4.90 Å². The molecular weight excluding hydrogens is 308 g/mol. The van der Waals surface area contributed by atoms with Crippen LogP contribution in [0.15, 0.2) is 22.9 Å². The Morgan fingerprint density at radius 1 is 1.41 bits per heavy atom. The van der Waals surface area contributed by atoms with Gasteiger partial charge in [0.15, 0.2) is 0 Å². The number of urea groups is 1. The number of rotatable bonds is 3. The smallest absolute Gasteiger partial charge is 0.326 e. The van der Waals surface area contributed by atoms with E-state index in [2.05, 4.69) is 10.4 Å². The average Bonchev–Trinajstić information content (AvgIpc) is 3.05. The van der Waals surface area contributed by atoms with E-state index in [4.69, 9.17) is 16.0 Å². The second kappa shape index (κ2) is 4.88. The molecule has 1 aliphatic rings. The highest BCUT2D eigenvalue weighted by atomic mass is 35.5. The number of halogens is 1. The minimum Gasteiger partial charge on any atom is -0.466 e. The molecule has 7 nitrogen and oxygen atoms in total. The Kier molecular flexibility index (Phi) is 3.25. The summed E-state index contributed by atoms with van der Waals surface area (Å²) in [4.78, 5) is 26.0. The molecule has 1 aliphatic heterocycles. The van der Waals surface area contributed by atoms with Crippen LogP contribution in [0.5, 0.6) is 0 Å². The van der Waals surface area contributed by atoms with Crippen molar-refractivity contribution in [3.05, 3.63) is 40.6 Å². The highest BCUT2D eigenvalue weighted by Gasteiger charge is 2.50. The first-order valence-electron chi connectivity index (χ1n) is 6.71. The largest absolute Gasteiger partial charge is 0.466 e. The number of imide groups is 1. The Morgan fingerprint density at radius 3 is 2.68 bits per heavy atom. The molecule has 0 radical (unpaired) electrons. The van der Waals surface area contributed by atoms with E-state index in [1.54, 1.807) is 33.0 Å². The Balaban J connectivity index is 1.92. The maximum Gasteiger partial charge on any atom is 0.326 e. The lowest BCUT2D eigenvalue weighted by Crippen LogP contribution is -2.41. The second-order valence-electron chi connectivity index (χ2n) is 5.45. The van der Waals surface area contributed by atoms with Gasteiger partial charge >= 0.3 is 6.03 Å². The number of hydrogen-bond donors (Lipinski definition) is 1. The average molecular weight is 323 g/mol. The number of carbonyl (C=O) groups excluding carboxylic acids is 2. The topological polar surface area (TPSA) is 80.4 Å². The van der Waals surface area contributed by atoms with Crippen LogP contribution in [0, 0.1) is 13.8 Å². The summed E-state index contributed by atoms with van der Waals surface area (Å²) in [5, 5.41) is 7.15. The molecule has 0 aromatic carbocycles. The molecule has 3 heterocycles. The summed E-state index contributed by atoms with van der Waals surface area (Å²) in [5.41, 5.74) is -0.486. The van der Waals surface area contributed by atoms with E-state index < -0.39 is 11.6 Å². The normalized spacial score (nSPS) is 21.5. The van der Waals surface area contributed by atoms with Gasteiger partial charge in [0, 0.05) is 11.8 Å². The van der Waals surface area contributed by atoms with E-state index in [0.29, 0.717) is 22.1 Å². The van der Waals surface area contributed by atoms with E-state index >= 15 is 0 Å². The molecule has 0 saturated carbocycles. The van der Waals surface area contributed by atoms with Crippen molar-refractivity contribution in [1.82, 2.24) is 20.0 Å². The molecule has 1 unspecified atom stereocenters. The first-order chi connectivity index (χ1) is 10.3. The lowest BCUT2D eigenvalue weighted by Gasteiger charge is -2.21. The number of carbonyl (C=O) groups is 2. The fraction of sp³-hybridized carbons (Fsp3) is 0.357. The number of hydrogen-bond acceptors (Lipinski definition) is 4. The number of amides is 3. The number of aromatic nitrogens is 2. The van der Waals surface area contributed by atoms with Gasteiger partial charge in [-0.2, -0.15) is 5.10 Å². The molecule has 0 spiro atoms. The summed E-state index contributed by atoms with van der Waals surface area (Å²) in [7, 11) is 0. The van der Waals surface area contributed by atoms with Gasteiger partial charge in [0.05, 0.1) is 11.2 Å². The Bertz CT molecular complexity index is 766. The molecule has 1 fully saturated rings. The van der Waals surface area contributed by atoms with Crippen LogP contribution < -0.4 is 5.32 Å². The fourth-order valence-electron chi connectivity index (χ4n) is 2.70.